The van der Waals surface area contributed by atoms with Crippen LogP contribution in [0, 0.1) is 6.92 Å². The minimum atomic E-state index is -3.92. The first-order chi connectivity index (χ1) is 13.4. The van der Waals surface area contributed by atoms with Gasteiger partial charge < -0.3 is 9.88 Å². The zero-order chi connectivity index (χ0) is 20.1. The van der Waals surface area contributed by atoms with Crippen LogP contribution in [0.1, 0.15) is 5.56 Å². The van der Waals surface area contributed by atoms with Gasteiger partial charge in [-0.25, -0.2) is 9.17 Å². The van der Waals surface area contributed by atoms with Crippen LogP contribution in [0.4, 0.5) is 17.3 Å². The second-order valence-corrected chi connectivity index (χ2v) is 7.45. The molecule has 148 valence electrons. The molecule has 1 aromatic heterocycles. The monoisotopic (exact) mass is 403 g/mol. The normalized spacial score (nSPS) is 12.1. The van der Waals surface area contributed by atoms with E-state index in [2.05, 4.69) is 24.4 Å². The van der Waals surface area contributed by atoms with E-state index in [0.29, 0.717) is 12.5 Å². The summed E-state index contributed by atoms with van der Waals surface area (Å²) in [5.41, 5.74) is 4.29. The molecule has 0 saturated heterocycles. The zero-order valence-electron chi connectivity index (χ0n) is 15.8. The number of hydrogen-bond donors (Lipinski definition) is 1. The predicted molar refractivity (Wildman–Crippen MR) is 107 cm³/mol. The molecule has 0 saturated carbocycles. The summed E-state index contributed by atoms with van der Waals surface area (Å²) in [4.78, 5) is 9.34. The van der Waals surface area contributed by atoms with Gasteiger partial charge in [0.1, 0.15) is 0 Å². The summed E-state index contributed by atoms with van der Waals surface area (Å²) in [5.74, 6) is 0.443. The maximum atomic E-state index is 11.2. The fourth-order valence-corrected chi connectivity index (χ4v) is 2.91. The summed E-state index contributed by atoms with van der Waals surface area (Å²) in [6.07, 6.45) is 0. The Hall–Kier alpha value is -2.82. The topological polar surface area (TPSA) is 109 Å². The van der Waals surface area contributed by atoms with Crippen molar-refractivity contribution in [1.29, 1.82) is 0 Å². The summed E-state index contributed by atoms with van der Waals surface area (Å²) in [5, 5.41) is 8.45. The van der Waals surface area contributed by atoms with E-state index in [1.165, 1.54) is 0 Å². The van der Waals surface area contributed by atoms with Crippen molar-refractivity contribution in [2.75, 3.05) is 32.2 Å². The largest absolute Gasteiger partial charge is 0.399 e. The lowest BCUT2D eigenvalue weighted by Gasteiger charge is -2.19. The van der Waals surface area contributed by atoms with E-state index in [4.69, 9.17) is 4.18 Å². The lowest BCUT2D eigenvalue weighted by Crippen LogP contribution is -2.24. The van der Waals surface area contributed by atoms with Gasteiger partial charge >= 0.3 is 10.4 Å². The van der Waals surface area contributed by atoms with E-state index < -0.39 is 10.4 Å². The molecule has 0 bridgehead atoms. The number of fused-ring (bicyclic) bond motifs is 1. The molecule has 9 nitrogen and oxygen atoms in total. The van der Waals surface area contributed by atoms with Crippen molar-refractivity contribution in [2.45, 2.75) is 6.92 Å². The third-order valence-corrected chi connectivity index (χ3v) is 4.97. The van der Waals surface area contributed by atoms with E-state index in [1.807, 2.05) is 61.3 Å². The van der Waals surface area contributed by atoms with E-state index >= 15 is 0 Å². The Morgan fingerprint density at radius 2 is 1.96 bits per heavy atom. The quantitative estimate of drug-likeness (QED) is 0.575. The Balaban J connectivity index is 1.66. The molecule has 0 unspecified atom stereocenters. The van der Waals surface area contributed by atoms with Gasteiger partial charge in [-0.3, -0.25) is 4.18 Å². The number of azo groups is 1. The number of H-pyrrole nitrogens is 1. The number of nitrogens with zero attached hydrogens (tertiary/aromatic N) is 4. The maximum Gasteiger partial charge on any atom is 0.399 e. The van der Waals surface area contributed by atoms with Gasteiger partial charge in [-0.2, -0.15) is 8.42 Å². The van der Waals surface area contributed by atoms with Crippen molar-refractivity contribution in [1.82, 2.24) is 9.97 Å². The summed E-state index contributed by atoms with van der Waals surface area (Å²) in [7, 11) is -1.02. The molecule has 0 aliphatic rings. The van der Waals surface area contributed by atoms with Crippen LogP contribution in [0.25, 0.3) is 11.0 Å². The summed E-state index contributed by atoms with van der Waals surface area (Å²) in [6.45, 7) is 2.29. The van der Waals surface area contributed by atoms with Crippen molar-refractivity contribution in [3.05, 3.63) is 48.0 Å². The highest BCUT2D eigenvalue weighted by molar-refractivity contribution is 7.81. The Labute approximate surface area is 163 Å². The molecule has 3 aromatic rings. The predicted octanol–water partition coefficient (Wildman–Crippen LogP) is 3.63. The number of rotatable bonds is 8. The van der Waals surface area contributed by atoms with Crippen LogP contribution in [0.5, 0.6) is 0 Å². The Bertz CT molecular complexity index is 1060. The first kappa shape index (κ1) is 19.9. The minimum Gasteiger partial charge on any atom is -0.372 e. The van der Waals surface area contributed by atoms with Gasteiger partial charge in [0.05, 0.1) is 30.4 Å². The molecule has 0 fully saturated rings. The van der Waals surface area contributed by atoms with Gasteiger partial charge in [-0.15, -0.1) is 10.2 Å². The second kappa shape index (κ2) is 8.46. The average Bonchev–Trinajstić information content (AvgIpc) is 3.09. The fraction of sp³-hybridized carbons (Fsp3) is 0.278. The molecular weight excluding hydrogens is 382 g/mol. The Kier molecular flexibility index (Phi) is 6.02. The van der Waals surface area contributed by atoms with Gasteiger partial charge in [0, 0.05) is 19.3 Å². The van der Waals surface area contributed by atoms with Gasteiger partial charge in [-0.05, 0) is 42.8 Å². The highest BCUT2D eigenvalue weighted by atomic mass is 32.3. The van der Waals surface area contributed by atoms with Gasteiger partial charge in [0.25, 0.3) is 0 Å². The molecule has 2 aromatic carbocycles. The number of imidazole rings is 1. The van der Waals surface area contributed by atoms with E-state index in [-0.39, 0.29) is 6.61 Å². The first-order valence-corrected chi connectivity index (χ1v) is 9.84. The van der Waals surface area contributed by atoms with Gasteiger partial charge in [0.2, 0.25) is 5.95 Å². The standard InChI is InChI=1S/C18H21N5O4S/c1-13-12-14(23(2)10-11-27-28(24,25)26-3)8-9-15(13)21-22-18-19-16-6-4-5-7-17(16)20-18/h4-9,12H,10-11H2,1-3H3,(H,19,20). The number of aromatic nitrogens is 2. The smallest absolute Gasteiger partial charge is 0.372 e. The molecule has 1 heterocycles. The van der Waals surface area contributed by atoms with Crippen LogP contribution in [-0.4, -0.2) is 45.7 Å². The fourth-order valence-electron chi connectivity index (χ4n) is 2.53. The molecule has 0 radical (unpaired) electrons. The molecule has 0 aliphatic carbocycles. The van der Waals surface area contributed by atoms with Crippen LogP contribution < -0.4 is 4.90 Å². The Morgan fingerprint density at radius 3 is 2.68 bits per heavy atom. The number of likely N-dealkylation sites (N-methyl/N-ethyl adjacent to an activating group) is 1. The summed E-state index contributed by atoms with van der Waals surface area (Å²) in [6, 6.07) is 13.3. The molecule has 3 rings (SSSR count). The van der Waals surface area contributed by atoms with Crippen LogP contribution in [0.3, 0.4) is 0 Å². The summed E-state index contributed by atoms with van der Waals surface area (Å²) < 4.78 is 31.3. The van der Waals surface area contributed by atoms with Crippen molar-refractivity contribution in [2.24, 2.45) is 10.2 Å². The third kappa shape index (κ3) is 4.91. The van der Waals surface area contributed by atoms with Crippen LogP contribution in [-0.2, 0) is 18.8 Å². The van der Waals surface area contributed by atoms with Crippen molar-refractivity contribution in [3.8, 4) is 0 Å². The summed E-state index contributed by atoms with van der Waals surface area (Å²) >= 11 is 0. The number of aryl methyl sites for hydroxylation is 1. The maximum absolute atomic E-state index is 11.2. The van der Waals surface area contributed by atoms with Crippen molar-refractivity contribution < 1.29 is 16.8 Å². The number of nitrogens with one attached hydrogen (secondary N) is 1. The second-order valence-electron chi connectivity index (χ2n) is 6.07. The van der Waals surface area contributed by atoms with E-state index in [0.717, 1.165) is 35.1 Å². The number of aromatic amines is 1. The molecule has 1 N–H and O–H groups in total. The highest BCUT2D eigenvalue weighted by Gasteiger charge is 2.10. The molecule has 10 heteroatoms. The van der Waals surface area contributed by atoms with Gasteiger partial charge in [-0.1, -0.05) is 12.1 Å². The molecule has 0 spiro atoms. The number of para-hydroxylation sites is 2. The molecule has 0 amide bonds. The Morgan fingerprint density at radius 1 is 1.18 bits per heavy atom. The number of anilines is 1. The minimum absolute atomic E-state index is 0.0146. The zero-order valence-corrected chi connectivity index (χ0v) is 16.6. The van der Waals surface area contributed by atoms with Crippen LogP contribution >= 0.6 is 0 Å². The molecule has 0 aliphatic heterocycles. The SMILES string of the molecule is COS(=O)(=O)OCCN(C)c1ccc(N=Nc2nc3ccccc3[nH]2)c(C)c1. The molecular formula is C18H21N5O4S. The highest BCUT2D eigenvalue weighted by Crippen LogP contribution is 2.26. The third-order valence-electron chi connectivity index (χ3n) is 4.11. The van der Waals surface area contributed by atoms with Crippen LogP contribution in [0.2, 0.25) is 0 Å². The molecule has 0 atom stereocenters. The van der Waals surface area contributed by atoms with Crippen LogP contribution in [0.15, 0.2) is 52.7 Å². The number of hydrogen-bond acceptors (Lipinski definition) is 8. The molecule has 28 heavy (non-hydrogen) atoms. The van der Waals surface area contributed by atoms with Gasteiger partial charge in [0.15, 0.2) is 0 Å². The average molecular weight is 403 g/mol. The van der Waals surface area contributed by atoms with E-state index in [9.17, 15) is 8.42 Å². The van der Waals surface area contributed by atoms with E-state index in [1.54, 1.807) is 0 Å². The number of benzene rings is 2. The first-order valence-electron chi connectivity index (χ1n) is 8.51. The lowest BCUT2D eigenvalue weighted by molar-refractivity contribution is 0.248. The lowest BCUT2D eigenvalue weighted by atomic mass is 10.1. The van der Waals surface area contributed by atoms with Crippen molar-refractivity contribution >= 4 is 38.8 Å². The van der Waals surface area contributed by atoms with Crippen molar-refractivity contribution in [3.63, 3.8) is 0 Å².